The summed E-state index contributed by atoms with van der Waals surface area (Å²) < 4.78 is 11.1. The standard InChI is InChI=1S/C30H24N2O4/c1-19-11-13-24(15-20(19)2)32-29(33)23(18-31)16-21-12-14-27(35-3)28(17-21)36-30(34)26-10-6-8-22-7-4-5-9-25(22)26/h4-17H,1-3H3,(H,32,33)/b23-16-. The number of carbonyl (C=O) groups excluding carboxylic acids is 2. The molecule has 0 aliphatic rings. The highest BCUT2D eigenvalue weighted by Gasteiger charge is 2.16. The van der Waals surface area contributed by atoms with Gasteiger partial charge in [-0.05, 0) is 77.7 Å². The maximum Gasteiger partial charge on any atom is 0.344 e. The third kappa shape index (κ3) is 5.26. The summed E-state index contributed by atoms with van der Waals surface area (Å²) in [4.78, 5) is 25.8. The summed E-state index contributed by atoms with van der Waals surface area (Å²) in [6, 6.07) is 25.3. The Balaban J connectivity index is 1.61. The average molecular weight is 477 g/mol. The Morgan fingerprint density at radius 1 is 0.889 bits per heavy atom. The number of nitrogens with one attached hydrogen (secondary N) is 1. The molecule has 0 heterocycles. The van der Waals surface area contributed by atoms with Crippen molar-refractivity contribution in [2.24, 2.45) is 0 Å². The third-order valence-corrected chi connectivity index (χ3v) is 5.84. The minimum Gasteiger partial charge on any atom is -0.493 e. The van der Waals surface area contributed by atoms with E-state index in [0.29, 0.717) is 22.6 Å². The third-order valence-electron chi connectivity index (χ3n) is 5.84. The van der Waals surface area contributed by atoms with E-state index in [1.54, 1.807) is 36.4 Å². The zero-order chi connectivity index (χ0) is 25.7. The highest BCUT2D eigenvalue weighted by Crippen LogP contribution is 2.31. The first kappa shape index (κ1) is 24.2. The number of anilines is 1. The van der Waals surface area contributed by atoms with Gasteiger partial charge in [0.1, 0.15) is 11.6 Å². The van der Waals surface area contributed by atoms with E-state index in [-0.39, 0.29) is 11.3 Å². The lowest BCUT2D eigenvalue weighted by atomic mass is 10.0. The van der Waals surface area contributed by atoms with E-state index in [2.05, 4.69) is 5.32 Å². The molecule has 36 heavy (non-hydrogen) atoms. The number of methoxy groups -OCH3 is 1. The number of aryl methyl sites for hydroxylation is 2. The van der Waals surface area contributed by atoms with Crippen LogP contribution in [0.25, 0.3) is 16.8 Å². The highest BCUT2D eigenvalue weighted by atomic mass is 16.6. The van der Waals surface area contributed by atoms with E-state index in [1.165, 1.54) is 13.2 Å². The van der Waals surface area contributed by atoms with Gasteiger partial charge in [0.05, 0.1) is 12.7 Å². The molecule has 178 valence electrons. The number of rotatable bonds is 6. The number of benzene rings is 4. The molecular weight excluding hydrogens is 452 g/mol. The van der Waals surface area contributed by atoms with Crippen LogP contribution in [0.1, 0.15) is 27.0 Å². The van der Waals surface area contributed by atoms with Gasteiger partial charge in [-0.3, -0.25) is 4.79 Å². The van der Waals surface area contributed by atoms with Gasteiger partial charge >= 0.3 is 5.97 Å². The Morgan fingerprint density at radius 2 is 1.67 bits per heavy atom. The Labute approximate surface area is 209 Å². The first-order valence-electron chi connectivity index (χ1n) is 11.3. The van der Waals surface area contributed by atoms with Crippen molar-refractivity contribution in [3.05, 3.63) is 107 Å². The van der Waals surface area contributed by atoms with Gasteiger partial charge < -0.3 is 14.8 Å². The topological polar surface area (TPSA) is 88.4 Å². The molecule has 0 saturated heterocycles. The average Bonchev–Trinajstić information content (AvgIpc) is 2.89. The summed E-state index contributed by atoms with van der Waals surface area (Å²) in [5.41, 5.74) is 3.56. The van der Waals surface area contributed by atoms with Gasteiger partial charge in [0.15, 0.2) is 11.5 Å². The zero-order valence-corrected chi connectivity index (χ0v) is 20.2. The molecule has 4 aromatic carbocycles. The number of hydrogen-bond donors (Lipinski definition) is 1. The van der Waals surface area contributed by atoms with E-state index in [9.17, 15) is 14.9 Å². The molecule has 0 radical (unpaired) electrons. The van der Waals surface area contributed by atoms with Crippen molar-refractivity contribution in [1.29, 1.82) is 5.26 Å². The van der Waals surface area contributed by atoms with Crippen LogP contribution in [0.4, 0.5) is 5.69 Å². The second-order valence-corrected chi connectivity index (χ2v) is 8.25. The summed E-state index contributed by atoms with van der Waals surface area (Å²) in [7, 11) is 1.47. The SMILES string of the molecule is COc1ccc(/C=C(/C#N)C(=O)Nc2ccc(C)c(C)c2)cc1OC(=O)c1cccc2ccccc12. The summed E-state index contributed by atoms with van der Waals surface area (Å²) in [6.45, 7) is 3.93. The van der Waals surface area contributed by atoms with Gasteiger partial charge in [-0.2, -0.15) is 5.26 Å². The number of nitrogens with zero attached hydrogens (tertiary/aromatic N) is 1. The molecule has 0 atom stereocenters. The molecule has 0 spiro atoms. The van der Waals surface area contributed by atoms with E-state index in [0.717, 1.165) is 21.9 Å². The van der Waals surface area contributed by atoms with Crippen LogP contribution < -0.4 is 14.8 Å². The van der Waals surface area contributed by atoms with Crippen molar-refractivity contribution in [3.63, 3.8) is 0 Å². The molecule has 0 saturated carbocycles. The summed E-state index contributed by atoms with van der Waals surface area (Å²) in [5.74, 6) is -0.556. The Morgan fingerprint density at radius 3 is 2.42 bits per heavy atom. The molecule has 0 fully saturated rings. The van der Waals surface area contributed by atoms with E-state index >= 15 is 0 Å². The summed E-state index contributed by atoms with van der Waals surface area (Å²) in [5, 5.41) is 14.1. The molecule has 0 bridgehead atoms. The fourth-order valence-electron chi connectivity index (χ4n) is 3.75. The van der Waals surface area contributed by atoms with Crippen molar-refractivity contribution in [2.45, 2.75) is 13.8 Å². The summed E-state index contributed by atoms with van der Waals surface area (Å²) in [6.07, 6.45) is 1.44. The number of fused-ring (bicyclic) bond motifs is 1. The van der Waals surface area contributed by atoms with E-state index in [1.807, 2.05) is 62.4 Å². The number of hydrogen-bond acceptors (Lipinski definition) is 5. The fourth-order valence-corrected chi connectivity index (χ4v) is 3.75. The number of ether oxygens (including phenoxy) is 2. The van der Waals surface area contributed by atoms with Gasteiger partial charge in [0.25, 0.3) is 5.91 Å². The lowest BCUT2D eigenvalue weighted by Crippen LogP contribution is -2.13. The highest BCUT2D eigenvalue weighted by molar-refractivity contribution is 6.10. The number of esters is 1. The minimum atomic E-state index is -0.542. The van der Waals surface area contributed by atoms with Gasteiger partial charge in [-0.1, -0.05) is 48.5 Å². The van der Waals surface area contributed by atoms with Crippen molar-refractivity contribution < 1.29 is 19.1 Å². The van der Waals surface area contributed by atoms with E-state index in [4.69, 9.17) is 9.47 Å². The second-order valence-electron chi connectivity index (χ2n) is 8.25. The number of amides is 1. The molecule has 0 aliphatic heterocycles. The molecule has 0 aliphatic carbocycles. The zero-order valence-electron chi connectivity index (χ0n) is 20.2. The molecule has 4 rings (SSSR count). The van der Waals surface area contributed by atoms with Gasteiger partial charge in [0.2, 0.25) is 0 Å². The van der Waals surface area contributed by atoms with Crippen LogP contribution in [0.2, 0.25) is 0 Å². The van der Waals surface area contributed by atoms with Crippen LogP contribution in [0.3, 0.4) is 0 Å². The van der Waals surface area contributed by atoms with Crippen LogP contribution in [-0.4, -0.2) is 19.0 Å². The predicted octanol–water partition coefficient (Wildman–Crippen LogP) is 6.23. The van der Waals surface area contributed by atoms with Crippen molar-refractivity contribution in [1.82, 2.24) is 0 Å². The van der Waals surface area contributed by atoms with E-state index < -0.39 is 11.9 Å². The van der Waals surface area contributed by atoms with Crippen LogP contribution in [0, 0.1) is 25.2 Å². The lowest BCUT2D eigenvalue weighted by Gasteiger charge is -2.12. The normalized spacial score (nSPS) is 11.0. The Bertz CT molecular complexity index is 1540. The maximum atomic E-state index is 13.0. The quantitative estimate of drug-likeness (QED) is 0.154. The monoisotopic (exact) mass is 476 g/mol. The first-order valence-corrected chi connectivity index (χ1v) is 11.3. The maximum absolute atomic E-state index is 13.0. The molecule has 0 aromatic heterocycles. The number of nitriles is 1. The van der Waals surface area contributed by atoms with Gasteiger partial charge in [-0.25, -0.2) is 4.79 Å². The molecule has 1 amide bonds. The lowest BCUT2D eigenvalue weighted by molar-refractivity contribution is -0.112. The second kappa shape index (κ2) is 10.6. The van der Waals surface area contributed by atoms with Crippen molar-refractivity contribution in [2.75, 3.05) is 12.4 Å². The molecule has 6 heteroatoms. The fraction of sp³-hybridized carbons (Fsp3) is 0.100. The molecule has 0 unspecified atom stereocenters. The molecule has 4 aromatic rings. The van der Waals surface area contributed by atoms with Crippen LogP contribution >= 0.6 is 0 Å². The van der Waals surface area contributed by atoms with Crippen molar-refractivity contribution in [3.8, 4) is 17.6 Å². The molecular formula is C30H24N2O4. The minimum absolute atomic E-state index is 0.0928. The van der Waals surface area contributed by atoms with Crippen molar-refractivity contribution >= 4 is 34.4 Å². The predicted molar refractivity (Wildman–Crippen MR) is 140 cm³/mol. The molecule has 6 nitrogen and oxygen atoms in total. The van der Waals surface area contributed by atoms with Gasteiger partial charge in [0, 0.05) is 5.69 Å². The number of carbonyl (C=O) groups is 2. The molecule has 1 N–H and O–H groups in total. The largest absolute Gasteiger partial charge is 0.493 e. The van der Waals surface area contributed by atoms with Crippen LogP contribution in [-0.2, 0) is 4.79 Å². The smallest absolute Gasteiger partial charge is 0.344 e. The summed E-state index contributed by atoms with van der Waals surface area (Å²) >= 11 is 0. The van der Waals surface area contributed by atoms with Crippen LogP contribution in [0.15, 0.2) is 84.4 Å². The Hall–Kier alpha value is -4.89. The van der Waals surface area contributed by atoms with Crippen LogP contribution in [0.5, 0.6) is 11.5 Å². The first-order chi connectivity index (χ1) is 17.4. The van der Waals surface area contributed by atoms with Gasteiger partial charge in [-0.15, -0.1) is 0 Å². The Kier molecular flexibility index (Phi) is 7.12.